The second-order valence-electron chi connectivity index (χ2n) is 6.75. The first-order valence-corrected chi connectivity index (χ1v) is 10.8. The summed E-state index contributed by atoms with van der Waals surface area (Å²) < 4.78 is 3.32. The third-order valence-electron chi connectivity index (χ3n) is 5.19. The van der Waals surface area contributed by atoms with Crippen LogP contribution in [0.1, 0.15) is 0 Å². The molecule has 0 unspecified atom stereocenters. The van der Waals surface area contributed by atoms with E-state index in [0.717, 1.165) is 9.65 Å². The molecule has 3 aromatic carbocycles. The van der Waals surface area contributed by atoms with Crippen molar-refractivity contribution < 1.29 is 4.92 Å². The molecule has 0 aliphatic rings. The van der Waals surface area contributed by atoms with Gasteiger partial charge in [0.1, 0.15) is 0 Å². The van der Waals surface area contributed by atoms with Gasteiger partial charge in [0.05, 0.1) is 0 Å². The molecule has 0 fully saturated rings. The molecule has 4 nitrogen and oxygen atoms in total. The number of hydrogen-bond acceptors (Lipinski definition) is 2. The quantitative estimate of drug-likeness (QED) is 0.211. The fraction of sp³-hybridized carbons (Fsp3) is 0.0435. The van der Waals surface area contributed by atoms with Gasteiger partial charge < -0.3 is 0 Å². The van der Waals surface area contributed by atoms with Gasteiger partial charge in [0.2, 0.25) is 0 Å². The summed E-state index contributed by atoms with van der Waals surface area (Å²) in [4.78, 5) is 13.1. The van der Waals surface area contributed by atoms with E-state index in [4.69, 9.17) is 0 Å². The maximum absolute atomic E-state index is 11.2. The summed E-state index contributed by atoms with van der Waals surface area (Å²) in [5, 5.41) is 13.5. The number of benzene rings is 3. The molecule has 0 N–H and O–H groups in total. The molecule has 136 valence electrons. The summed E-state index contributed by atoms with van der Waals surface area (Å²) in [7, 11) is 2.10. The molecule has 0 atom stereocenters. The van der Waals surface area contributed by atoms with Crippen LogP contribution >= 0.6 is 0 Å². The minimum absolute atomic E-state index is 0.0849. The van der Waals surface area contributed by atoms with E-state index in [1.165, 1.54) is 33.3 Å². The van der Waals surface area contributed by atoms with Crippen molar-refractivity contribution in [3.63, 3.8) is 0 Å². The van der Waals surface area contributed by atoms with E-state index >= 15 is 0 Å². The van der Waals surface area contributed by atoms with E-state index in [2.05, 4.69) is 65.1 Å². The second kappa shape index (κ2) is 6.48. The Bertz CT molecular complexity index is 1350. The summed E-state index contributed by atoms with van der Waals surface area (Å²) in [5.41, 5.74) is 6.07. The summed E-state index contributed by atoms with van der Waals surface area (Å²) >= 11 is 0.0849. The third kappa shape index (κ3) is 2.52. The molecule has 0 radical (unpaired) electrons. The van der Waals surface area contributed by atoms with Gasteiger partial charge in [-0.15, -0.1) is 0 Å². The van der Waals surface area contributed by atoms with Gasteiger partial charge in [-0.3, -0.25) is 0 Å². The summed E-state index contributed by atoms with van der Waals surface area (Å²) in [6.45, 7) is 0. The van der Waals surface area contributed by atoms with Crippen LogP contribution in [0.25, 0.3) is 42.9 Å². The van der Waals surface area contributed by atoms with Gasteiger partial charge >= 0.3 is 168 Å². The SMILES string of the molecule is Cn1c(-c2ccccc2)c(-c2c[se]c3cc([N+](=O)[O-])ccc23)c2ccccc21. The molecule has 0 aliphatic carbocycles. The fourth-order valence-electron chi connectivity index (χ4n) is 3.92. The number of aryl methyl sites for hydroxylation is 1. The molecule has 0 spiro atoms. The van der Waals surface area contributed by atoms with Crippen molar-refractivity contribution in [2.24, 2.45) is 7.05 Å². The van der Waals surface area contributed by atoms with Crippen LogP contribution in [0.3, 0.4) is 0 Å². The molecule has 0 aliphatic heterocycles. The van der Waals surface area contributed by atoms with Crippen LogP contribution in [-0.2, 0) is 7.05 Å². The molecule has 0 saturated carbocycles. The molecule has 2 heterocycles. The molecule has 0 amide bonds. The zero-order chi connectivity index (χ0) is 19.3. The molecule has 2 aromatic heterocycles. The predicted octanol–water partition coefficient (Wildman–Crippen LogP) is 5.63. The van der Waals surface area contributed by atoms with Gasteiger partial charge in [0.15, 0.2) is 0 Å². The topological polar surface area (TPSA) is 48.1 Å². The van der Waals surface area contributed by atoms with Crippen molar-refractivity contribution >= 4 is 40.7 Å². The van der Waals surface area contributed by atoms with E-state index < -0.39 is 0 Å². The summed E-state index contributed by atoms with van der Waals surface area (Å²) in [6.07, 6.45) is 0. The molecule has 5 rings (SSSR count). The van der Waals surface area contributed by atoms with Gasteiger partial charge in [-0.2, -0.15) is 0 Å². The van der Waals surface area contributed by atoms with Crippen molar-refractivity contribution in [3.05, 3.63) is 87.9 Å². The molecule has 28 heavy (non-hydrogen) atoms. The Morgan fingerprint density at radius 2 is 1.68 bits per heavy atom. The number of hydrogen-bond donors (Lipinski definition) is 0. The monoisotopic (exact) mass is 432 g/mol. The number of nitro benzene ring substituents is 1. The van der Waals surface area contributed by atoms with Crippen molar-refractivity contribution in [3.8, 4) is 22.4 Å². The van der Waals surface area contributed by atoms with Crippen LogP contribution in [0, 0.1) is 10.1 Å². The zero-order valence-corrected chi connectivity index (χ0v) is 16.8. The normalized spacial score (nSPS) is 11.3. The van der Waals surface area contributed by atoms with Crippen LogP contribution < -0.4 is 0 Å². The van der Waals surface area contributed by atoms with Crippen molar-refractivity contribution in [1.82, 2.24) is 4.57 Å². The first-order chi connectivity index (χ1) is 13.6. The minimum atomic E-state index is -0.318. The van der Waals surface area contributed by atoms with Crippen LogP contribution in [-0.4, -0.2) is 24.0 Å². The number of aromatic nitrogens is 1. The molecule has 5 heteroatoms. The van der Waals surface area contributed by atoms with Crippen LogP contribution in [0.4, 0.5) is 5.69 Å². The van der Waals surface area contributed by atoms with E-state index in [9.17, 15) is 10.1 Å². The van der Waals surface area contributed by atoms with E-state index in [-0.39, 0.29) is 25.1 Å². The number of fused-ring (bicyclic) bond motifs is 2. The Labute approximate surface area is 167 Å². The van der Waals surface area contributed by atoms with Gasteiger partial charge in [0, 0.05) is 0 Å². The number of nitrogens with zero attached hydrogens (tertiary/aromatic N) is 2. The standard InChI is InChI=1S/C23H16N2O2Se/c1-24-20-10-6-5-9-18(20)22(23(24)15-7-3-2-4-8-15)19-14-28-21-13-16(25(26)27)11-12-17(19)21/h2-14H,1H3. The number of non-ortho nitro benzene ring substituents is 1. The molecule has 0 saturated heterocycles. The van der Waals surface area contributed by atoms with E-state index in [1.807, 2.05) is 12.1 Å². The Morgan fingerprint density at radius 1 is 0.929 bits per heavy atom. The Balaban J connectivity index is 1.87. The van der Waals surface area contributed by atoms with E-state index in [1.54, 1.807) is 12.1 Å². The van der Waals surface area contributed by atoms with Crippen LogP contribution in [0.2, 0.25) is 0 Å². The van der Waals surface area contributed by atoms with Gasteiger partial charge in [0.25, 0.3) is 0 Å². The van der Waals surface area contributed by atoms with Gasteiger partial charge in [-0.1, -0.05) is 0 Å². The number of rotatable bonds is 3. The second-order valence-corrected chi connectivity index (χ2v) is 8.66. The molecular weight excluding hydrogens is 415 g/mol. The molecular formula is C23H16N2O2Se. The Morgan fingerprint density at radius 3 is 2.46 bits per heavy atom. The van der Waals surface area contributed by atoms with Crippen LogP contribution in [0.15, 0.2) is 77.7 Å². The first-order valence-electron chi connectivity index (χ1n) is 8.94. The first kappa shape index (κ1) is 17.0. The van der Waals surface area contributed by atoms with Crippen molar-refractivity contribution in [2.45, 2.75) is 0 Å². The summed E-state index contributed by atoms with van der Waals surface area (Å²) in [6, 6.07) is 24.1. The van der Waals surface area contributed by atoms with Crippen molar-refractivity contribution in [2.75, 3.05) is 0 Å². The predicted molar refractivity (Wildman–Crippen MR) is 115 cm³/mol. The molecule has 5 aromatic rings. The number of nitro groups is 1. The van der Waals surface area contributed by atoms with Crippen molar-refractivity contribution in [1.29, 1.82) is 0 Å². The third-order valence-corrected chi connectivity index (χ3v) is 7.18. The van der Waals surface area contributed by atoms with Gasteiger partial charge in [-0.25, -0.2) is 0 Å². The fourth-order valence-corrected chi connectivity index (χ4v) is 5.99. The average molecular weight is 431 g/mol. The molecule has 0 bridgehead atoms. The van der Waals surface area contributed by atoms with Gasteiger partial charge in [-0.05, 0) is 0 Å². The van der Waals surface area contributed by atoms with Crippen LogP contribution in [0.5, 0.6) is 0 Å². The zero-order valence-electron chi connectivity index (χ0n) is 15.1. The maximum atomic E-state index is 11.2. The Hall–Kier alpha value is -3.14. The number of para-hydroxylation sites is 1. The Kier molecular flexibility index (Phi) is 3.93. The van der Waals surface area contributed by atoms with E-state index in [0.29, 0.717) is 0 Å². The average Bonchev–Trinajstić information content (AvgIpc) is 3.27. The summed E-state index contributed by atoms with van der Waals surface area (Å²) in [5.74, 6) is 0.